The third-order valence-electron chi connectivity index (χ3n) is 4.49. The van der Waals surface area contributed by atoms with Gasteiger partial charge in [0.15, 0.2) is 0 Å². The van der Waals surface area contributed by atoms with E-state index in [1.807, 2.05) is 24.3 Å². The largest absolute Gasteiger partial charge is 0.490 e. The summed E-state index contributed by atoms with van der Waals surface area (Å²) in [7, 11) is 0. The maximum Gasteiger partial charge on any atom is 0.323 e. The Morgan fingerprint density at radius 3 is 2.86 bits per heavy atom. The summed E-state index contributed by atoms with van der Waals surface area (Å²) in [5, 5.41) is 9.06. The summed E-state index contributed by atoms with van der Waals surface area (Å²) in [6.45, 7) is -0.272. The van der Waals surface area contributed by atoms with Crippen LogP contribution in [-0.4, -0.2) is 35.0 Å². The van der Waals surface area contributed by atoms with Crippen LogP contribution in [0.5, 0.6) is 5.75 Å². The van der Waals surface area contributed by atoms with Gasteiger partial charge in [-0.05, 0) is 25.3 Å². The quantitative estimate of drug-likeness (QED) is 0.863. The first-order chi connectivity index (χ1) is 10.2. The number of benzene rings is 1. The molecule has 3 rings (SSSR count). The Kier molecular flexibility index (Phi) is 3.82. The number of carboxylic acids is 1. The molecule has 3 atom stereocenters. The number of carbonyl (C=O) groups is 2. The highest BCUT2D eigenvalue weighted by molar-refractivity contribution is 5.72. The molecular formula is C16H19NO4. The second-order valence-electron chi connectivity index (χ2n) is 5.76. The molecule has 1 N–H and O–H groups in total. The van der Waals surface area contributed by atoms with Gasteiger partial charge < -0.3 is 14.7 Å². The molecule has 2 aliphatic rings. The van der Waals surface area contributed by atoms with Gasteiger partial charge in [-0.1, -0.05) is 24.6 Å². The summed E-state index contributed by atoms with van der Waals surface area (Å²) in [4.78, 5) is 23.9. The van der Waals surface area contributed by atoms with Crippen LogP contribution in [0.15, 0.2) is 24.3 Å². The molecule has 1 fully saturated rings. The Morgan fingerprint density at radius 1 is 1.33 bits per heavy atom. The first-order valence-corrected chi connectivity index (χ1v) is 7.39. The monoisotopic (exact) mass is 289 g/mol. The minimum absolute atomic E-state index is 0.0786. The third kappa shape index (κ3) is 2.60. The van der Waals surface area contributed by atoms with Gasteiger partial charge in [0.1, 0.15) is 18.4 Å². The first-order valence-electron chi connectivity index (χ1n) is 7.39. The van der Waals surface area contributed by atoms with E-state index >= 15 is 0 Å². The van der Waals surface area contributed by atoms with Crippen molar-refractivity contribution in [3.05, 3.63) is 29.8 Å². The topological polar surface area (TPSA) is 66.8 Å². The number of hydrogen-bond donors (Lipinski definition) is 1. The van der Waals surface area contributed by atoms with Gasteiger partial charge in [-0.25, -0.2) is 0 Å². The second-order valence-corrected chi connectivity index (χ2v) is 5.76. The number of aliphatic carboxylic acids is 1. The smallest absolute Gasteiger partial charge is 0.323 e. The van der Waals surface area contributed by atoms with Crippen molar-refractivity contribution in [1.82, 2.24) is 4.90 Å². The summed E-state index contributed by atoms with van der Waals surface area (Å²) in [6.07, 6.45) is 4.89. The zero-order valence-electron chi connectivity index (χ0n) is 11.8. The van der Waals surface area contributed by atoms with Crippen LogP contribution in [-0.2, 0) is 9.59 Å². The third-order valence-corrected chi connectivity index (χ3v) is 4.49. The molecular weight excluding hydrogens is 270 g/mol. The number of ether oxygens (including phenoxy) is 1. The minimum atomic E-state index is -0.988. The van der Waals surface area contributed by atoms with Crippen molar-refractivity contribution >= 4 is 12.4 Å². The van der Waals surface area contributed by atoms with Crippen LogP contribution in [0.25, 0.3) is 0 Å². The standard InChI is InChI=1S/C16H19NO4/c18-10-17(9-15(19)20)16-11-5-1-3-7-13(11)21-14-8-4-2-6-12(14)16/h1,3,5,7,10,12,14,16H,2,4,6,8-9H2,(H,19,20)/t12?,14-,16?/m1/s1. The number of para-hydroxylation sites is 1. The molecule has 1 amide bonds. The molecule has 0 aromatic heterocycles. The molecule has 5 heteroatoms. The first kappa shape index (κ1) is 13.9. The van der Waals surface area contributed by atoms with Crippen LogP contribution in [0.1, 0.15) is 37.3 Å². The van der Waals surface area contributed by atoms with E-state index in [-0.39, 0.29) is 24.6 Å². The average Bonchev–Trinajstić information content (AvgIpc) is 2.50. The summed E-state index contributed by atoms with van der Waals surface area (Å²) in [5.41, 5.74) is 0.925. The highest BCUT2D eigenvalue weighted by Crippen LogP contribution is 2.46. The maximum atomic E-state index is 11.4. The van der Waals surface area contributed by atoms with Crippen LogP contribution in [0.3, 0.4) is 0 Å². The van der Waals surface area contributed by atoms with E-state index in [1.54, 1.807) is 0 Å². The second kappa shape index (κ2) is 5.76. The lowest BCUT2D eigenvalue weighted by Gasteiger charge is -2.45. The van der Waals surface area contributed by atoms with Crippen LogP contribution >= 0.6 is 0 Å². The SMILES string of the molecule is O=CN(CC(=O)O)C1c2ccccc2O[C@@H]2CCCCC12. The fraction of sp³-hybridized carbons (Fsp3) is 0.500. The predicted molar refractivity (Wildman–Crippen MR) is 76.0 cm³/mol. The van der Waals surface area contributed by atoms with Gasteiger partial charge in [-0.2, -0.15) is 0 Å². The molecule has 0 bridgehead atoms. The molecule has 1 aromatic rings. The zero-order chi connectivity index (χ0) is 14.8. The van der Waals surface area contributed by atoms with Gasteiger partial charge >= 0.3 is 5.97 Å². The number of hydrogen-bond acceptors (Lipinski definition) is 3. The van der Waals surface area contributed by atoms with Crippen molar-refractivity contribution in [2.75, 3.05) is 6.54 Å². The Hall–Kier alpha value is -2.04. The van der Waals surface area contributed by atoms with E-state index in [4.69, 9.17) is 9.84 Å². The molecule has 1 aliphatic carbocycles. The van der Waals surface area contributed by atoms with E-state index in [2.05, 4.69) is 0 Å². The van der Waals surface area contributed by atoms with Crippen molar-refractivity contribution in [3.63, 3.8) is 0 Å². The van der Waals surface area contributed by atoms with E-state index < -0.39 is 5.97 Å². The van der Waals surface area contributed by atoms with Crippen molar-refractivity contribution in [3.8, 4) is 5.75 Å². The van der Waals surface area contributed by atoms with Crippen molar-refractivity contribution in [2.45, 2.75) is 37.8 Å². The molecule has 0 spiro atoms. The number of carbonyl (C=O) groups excluding carboxylic acids is 1. The molecule has 2 unspecified atom stereocenters. The number of carboxylic acid groups (broad SMARTS) is 1. The average molecular weight is 289 g/mol. The lowest BCUT2D eigenvalue weighted by Crippen LogP contribution is -2.46. The van der Waals surface area contributed by atoms with E-state index in [0.29, 0.717) is 6.41 Å². The zero-order valence-corrected chi connectivity index (χ0v) is 11.8. The van der Waals surface area contributed by atoms with Crippen LogP contribution < -0.4 is 4.74 Å². The maximum absolute atomic E-state index is 11.4. The van der Waals surface area contributed by atoms with Gasteiger partial charge in [0.25, 0.3) is 0 Å². The lowest BCUT2D eigenvalue weighted by atomic mass is 9.76. The highest BCUT2D eigenvalue weighted by Gasteiger charge is 2.42. The highest BCUT2D eigenvalue weighted by atomic mass is 16.5. The van der Waals surface area contributed by atoms with Gasteiger partial charge in [-0.3, -0.25) is 9.59 Å². The summed E-state index contributed by atoms with van der Waals surface area (Å²) >= 11 is 0. The van der Waals surface area contributed by atoms with Crippen molar-refractivity contribution in [1.29, 1.82) is 0 Å². The van der Waals surface area contributed by atoms with Crippen LogP contribution in [0, 0.1) is 5.92 Å². The Bertz CT molecular complexity index is 545. The van der Waals surface area contributed by atoms with Crippen molar-refractivity contribution in [2.24, 2.45) is 5.92 Å². The van der Waals surface area contributed by atoms with Crippen LogP contribution in [0.4, 0.5) is 0 Å². The van der Waals surface area contributed by atoms with Gasteiger partial charge in [-0.15, -0.1) is 0 Å². The number of rotatable bonds is 4. The van der Waals surface area contributed by atoms with E-state index in [1.165, 1.54) is 4.90 Å². The molecule has 1 heterocycles. The predicted octanol–water partition coefficient (Wildman–Crippen LogP) is 2.22. The fourth-order valence-electron chi connectivity index (χ4n) is 3.64. The fourth-order valence-corrected chi connectivity index (χ4v) is 3.64. The van der Waals surface area contributed by atoms with Gasteiger partial charge in [0.2, 0.25) is 6.41 Å². The van der Waals surface area contributed by atoms with Gasteiger partial charge in [0, 0.05) is 11.5 Å². The molecule has 0 radical (unpaired) electrons. The van der Waals surface area contributed by atoms with E-state index in [9.17, 15) is 9.59 Å². The molecule has 21 heavy (non-hydrogen) atoms. The lowest BCUT2D eigenvalue weighted by molar-refractivity contribution is -0.144. The molecule has 0 saturated heterocycles. The molecule has 1 aromatic carbocycles. The number of nitrogens with zero attached hydrogens (tertiary/aromatic N) is 1. The molecule has 1 aliphatic heterocycles. The Labute approximate surface area is 123 Å². The van der Waals surface area contributed by atoms with Crippen LogP contribution in [0.2, 0.25) is 0 Å². The summed E-state index contributed by atoms with van der Waals surface area (Å²) in [5.74, 6) is -0.0282. The molecule has 1 saturated carbocycles. The number of amides is 1. The van der Waals surface area contributed by atoms with E-state index in [0.717, 1.165) is 37.0 Å². The molecule has 5 nitrogen and oxygen atoms in total. The van der Waals surface area contributed by atoms with Crippen molar-refractivity contribution < 1.29 is 19.4 Å². The molecule has 112 valence electrons. The normalized spacial score (nSPS) is 27.0. The summed E-state index contributed by atoms with van der Waals surface area (Å²) in [6, 6.07) is 7.44. The Balaban J connectivity index is 2.00. The Morgan fingerprint density at radius 2 is 2.10 bits per heavy atom. The summed E-state index contributed by atoms with van der Waals surface area (Å²) < 4.78 is 6.08. The minimum Gasteiger partial charge on any atom is -0.490 e. The number of fused-ring (bicyclic) bond motifs is 2. The van der Waals surface area contributed by atoms with Gasteiger partial charge in [0.05, 0.1) is 6.04 Å².